The molecule has 0 aliphatic heterocycles. The predicted molar refractivity (Wildman–Crippen MR) is 77.2 cm³/mol. The molecule has 20 heavy (non-hydrogen) atoms. The van der Waals surface area contributed by atoms with Gasteiger partial charge in [-0.2, -0.15) is 0 Å². The minimum Gasteiger partial charge on any atom is -0.477 e. The Kier molecular flexibility index (Phi) is 3.19. The van der Waals surface area contributed by atoms with Crippen LogP contribution in [0.25, 0.3) is 21.7 Å². The number of H-pyrrole nitrogens is 1. The van der Waals surface area contributed by atoms with E-state index in [4.69, 9.17) is 4.74 Å². The molecule has 0 amide bonds. The monoisotopic (exact) mass is 288 g/mol. The van der Waals surface area contributed by atoms with Crippen LogP contribution in [0.1, 0.15) is 11.8 Å². The van der Waals surface area contributed by atoms with Crippen molar-refractivity contribution in [3.05, 3.63) is 33.7 Å². The van der Waals surface area contributed by atoms with Crippen LogP contribution < -0.4 is 10.3 Å². The first-order chi connectivity index (χ1) is 9.67. The number of thiophene rings is 1. The van der Waals surface area contributed by atoms with Crippen LogP contribution in [-0.2, 0) is 0 Å². The van der Waals surface area contributed by atoms with Crippen molar-refractivity contribution in [2.45, 2.75) is 13.8 Å². The van der Waals surface area contributed by atoms with E-state index in [1.807, 2.05) is 19.9 Å². The Labute approximate surface area is 118 Å². The van der Waals surface area contributed by atoms with Crippen molar-refractivity contribution < 1.29 is 4.74 Å². The van der Waals surface area contributed by atoms with Gasteiger partial charge in [-0.25, -0.2) is 15.0 Å². The van der Waals surface area contributed by atoms with Crippen LogP contribution >= 0.6 is 11.3 Å². The maximum atomic E-state index is 12.0. The fourth-order valence-corrected chi connectivity index (χ4v) is 2.71. The van der Waals surface area contributed by atoms with Gasteiger partial charge in [0, 0.05) is 4.88 Å². The van der Waals surface area contributed by atoms with Crippen LogP contribution in [0.3, 0.4) is 0 Å². The van der Waals surface area contributed by atoms with E-state index in [0.29, 0.717) is 34.2 Å². The summed E-state index contributed by atoms with van der Waals surface area (Å²) in [5.74, 6) is 0.867. The second kappa shape index (κ2) is 5.01. The molecule has 0 aromatic carbocycles. The highest BCUT2D eigenvalue weighted by molar-refractivity contribution is 7.18. The predicted octanol–water partition coefficient (Wildman–Crippen LogP) is 2.15. The lowest BCUT2D eigenvalue weighted by atomic mass is 10.3. The van der Waals surface area contributed by atoms with Crippen LogP contribution in [0.5, 0.6) is 5.88 Å². The first-order valence-electron chi connectivity index (χ1n) is 6.13. The van der Waals surface area contributed by atoms with Gasteiger partial charge in [0.25, 0.3) is 5.56 Å². The number of aromatic nitrogens is 4. The summed E-state index contributed by atoms with van der Waals surface area (Å²) in [4.78, 5) is 29.2. The second-order valence-electron chi connectivity index (χ2n) is 4.16. The molecule has 3 rings (SSSR count). The number of hydrogen-bond acceptors (Lipinski definition) is 6. The third kappa shape index (κ3) is 2.27. The van der Waals surface area contributed by atoms with Crippen molar-refractivity contribution in [2.24, 2.45) is 0 Å². The minimum absolute atomic E-state index is 0.162. The maximum absolute atomic E-state index is 12.0. The molecular formula is C13H12N4O2S. The molecule has 1 N–H and O–H groups in total. The molecular weight excluding hydrogens is 276 g/mol. The van der Waals surface area contributed by atoms with Gasteiger partial charge in [-0.05, 0) is 19.9 Å². The summed E-state index contributed by atoms with van der Waals surface area (Å²) in [7, 11) is 0. The highest BCUT2D eigenvalue weighted by Gasteiger charge is 2.10. The highest BCUT2D eigenvalue weighted by Crippen LogP contribution is 2.22. The van der Waals surface area contributed by atoms with Crippen LogP contribution in [0.2, 0.25) is 0 Å². The van der Waals surface area contributed by atoms with Gasteiger partial charge >= 0.3 is 0 Å². The molecule has 3 aromatic heterocycles. The molecule has 102 valence electrons. The summed E-state index contributed by atoms with van der Waals surface area (Å²) >= 11 is 1.48. The first kappa shape index (κ1) is 12.7. The van der Waals surface area contributed by atoms with Gasteiger partial charge in [0.15, 0.2) is 5.82 Å². The Balaban J connectivity index is 2.07. The lowest BCUT2D eigenvalue weighted by Crippen LogP contribution is -2.08. The van der Waals surface area contributed by atoms with Gasteiger partial charge in [-0.1, -0.05) is 0 Å². The number of nitrogens with zero attached hydrogens (tertiary/aromatic N) is 3. The zero-order valence-electron chi connectivity index (χ0n) is 11.0. The quantitative estimate of drug-likeness (QED) is 0.798. The smallest absolute Gasteiger partial charge is 0.259 e. The van der Waals surface area contributed by atoms with Crippen molar-refractivity contribution >= 4 is 21.6 Å². The molecule has 0 fully saturated rings. The third-order valence-corrected chi connectivity index (χ3v) is 3.63. The van der Waals surface area contributed by atoms with E-state index in [0.717, 1.165) is 4.88 Å². The molecule has 6 nitrogen and oxygen atoms in total. The Hall–Kier alpha value is -2.28. The molecule has 7 heteroatoms. The summed E-state index contributed by atoms with van der Waals surface area (Å²) < 4.78 is 5.23. The van der Waals surface area contributed by atoms with Gasteiger partial charge in [-0.15, -0.1) is 11.3 Å². The number of nitrogens with one attached hydrogen (secondary N) is 1. The van der Waals surface area contributed by atoms with Gasteiger partial charge < -0.3 is 9.72 Å². The van der Waals surface area contributed by atoms with Crippen LogP contribution in [-0.4, -0.2) is 26.5 Å². The molecule has 3 aromatic rings. The van der Waals surface area contributed by atoms with E-state index in [1.165, 1.54) is 23.7 Å². The minimum atomic E-state index is -0.162. The van der Waals surface area contributed by atoms with Crippen molar-refractivity contribution in [1.29, 1.82) is 0 Å². The average Bonchev–Trinajstić information content (AvgIpc) is 2.81. The summed E-state index contributed by atoms with van der Waals surface area (Å²) in [5.41, 5.74) is 0.351. The molecule has 0 saturated carbocycles. The van der Waals surface area contributed by atoms with E-state index in [1.54, 1.807) is 0 Å². The molecule has 0 atom stereocenters. The Morgan fingerprint density at radius 1 is 1.35 bits per heavy atom. The SMILES string of the molecule is CCOc1cnc(-c2nc3sc(C)cc3c(=O)[nH]2)cn1. The van der Waals surface area contributed by atoms with Gasteiger partial charge in [0.2, 0.25) is 5.88 Å². The fraction of sp³-hybridized carbons (Fsp3) is 0.231. The van der Waals surface area contributed by atoms with E-state index in [2.05, 4.69) is 19.9 Å². The van der Waals surface area contributed by atoms with Gasteiger partial charge in [0.05, 0.1) is 24.4 Å². The van der Waals surface area contributed by atoms with Crippen molar-refractivity contribution in [2.75, 3.05) is 6.61 Å². The molecule has 0 unspecified atom stereocenters. The molecule has 0 aliphatic carbocycles. The van der Waals surface area contributed by atoms with Crippen LogP contribution in [0, 0.1) is 6.92 Å². The molecule has 0 bridgehead atoms. The van der Waals surface area contributed by atoms with Crippen molar-refractivity contribution in [1.82, 2.24) is 19.9 Å². The summed E-state index contributed by atoms with van der Waals surface area (Å²) in [6.45, 7) is 4.35. The number of aryl methyl sites for hydroxylation is 1. The zero-order valence-corrected chi connectivity index (χ0v) is 11.8. The highest BCUT2D eigenvalue weighted by atomic mass is 32.1. The van der Waals surface area contributed by atoms with Gasteiger partial charge in [0.1, 0.15) is 10.5 Å². The standard InChI is InChI=1S/C13H12N4O2S/c1-3-19-10-6-14-9(5-15-10)11-16-12(18)8-4-7(2)20-13(8)17-11/h4-6H,3H2,1-2H3,(H,16,17,18). The topological polar surface area (TPSA) is 80.8 Å². The van der Waals surface area contributed by atoms with Gasteiger partial charge in [-0.3, -0.25) is 4.79 Å². The van der Waals surface area contributed by atoms with Crippen molar-refractivity contribution in [3.63, 3.8) is 0 Å². The third-order valence-electron chi connectivity index (χ3n) is 2.69. The summed E-state index contributed by atoms with van der Waals surface area (Å²) in [6, 6.07) is 1.83. The lowest BCUT2D eigenvalue weighted by molar-refractivity contribution is 0.325. The molecule has 0 spiro atoms. The molecule has 3 heterocycles. The fourth-order valence-electron chi connectivity index (χ4n) is 1.83. The summed E-state index contributed by atoms with van der Waals surface area (Å²) in [6.07, 6.45) is 3.05. The number of fused-ring (bicyclic) bond motifs is 1. The molecule has 0 radical (unpaired) electrons. The number of aromatic amines is 1. The molecule has 0 saturated heterocycles. The number of hydrogen-bond donors (Lipinski definition) is 1. The Morgan fingerprint density at radius 2 is 2.20 bits per heavy atom. The van der Waals surface area contributed by atoms with E-state index >= 15 is 0 Å². The number of ether oxygens (including phenoxy) is 1. The van der Waals surface area contributed by atoms with Crippen LogP contribution in [0.4, 0.5) is 0 Å². The van der Waals surface area contributed by atoms with E-state index in [-0.39, 0.29) is 5.56 Å². The Bertz CT molecular complexity index is 807. The molecule has 0 aliphatic rings. The average molecular weight is 288 g/mol. The first-order valence-corrected chi connectivity index (χ1v) is 6.94. The van der Waals surface area contributed by atoms with Crippen LogP contribution in [0.15, 0.2) is 23.3 Å². The van der Waals surface area contributed by atoms with E-state index < -0.39 is 0 Å². The normalized spacial score (nSPS) is 10.9. The second-order valence-corrected chi connectivity index (χ2v) is 5.40. The lowest BCUT2D eigenvalue weighted by Gasteiger charge is -2.02. The number of rotatable bonds is 3. The van der Waals surface area contributed by atoms with Crippen molar-refractivity contribution in [3.8, 4) is 17.4 Å². The van der Waals surface area contributed by atoms with E-state index in [9.17, 15) is 4.79 Å². The Morgan fingerprint density at radius 3 is 2.90 bits per heavy atom. The zero-order chi connectivity index (χ0) is 14.1. The summed E-state index contributed by atoms with van der Waals surface area (Å²) in [5, 5.41) is 0.607. The largest absolute Gasteiger partial charge is 0.477 e. The maximum Gasteiger partial charge on any atom is 0.259 e.